The third kappa shape index (κ3) is 4.63. The van der Waals surface area contributed by atoms with Gasteiger partial charge in [-0.3, -0.25) is 9.36 Å². The van der Waals surface area contributed by atoms with Gasteiger partial charge in [0.2, 0.25) is 0 Å². The number of aromatic nitrogens is 1. The smallest absolute Gasteiger partial charge is 0.338 e. The van der Waals surface area contributed by atoms with Gasteiger partial charge in [-0.15, -0.1) is 0 Å². The Morgan fingerprint density at radius 1 is 1.23 bits per heavy atom. The second-order valence-electron chi connectivity index (χ2n) is 7.61. The van der Waals surface area contributed by atoms with Crippen LogP contribution >= 0.6 is 27.3 Å². The standard InChI is InChI=1S/C25H23BrN2O6S/c1-5-34-24(31)21-13(2)27-25-28(22(21)17-12-16(32-3)7-9-19(17)33-4)23(30)20(35-25)11-14-10-15(26)6-8-18(14)29/h6-12,22,29H,5H2,1-4H3/b20-11-/t22-/m0/s1. The van der Waals surface area contributed by atoms with E-state index in [0.717, 1.165) is 4.47 Å². The number of hydrogen-bond acceptors (Lipinski definition) is 8. The van der Waals surface area contributed by atoms with Gasteiger partial charge >= 0.3 is 5.97 Å². The molecule has 1 aliphatic heterocycles. The monoisotopic (exact) mass is 558 g/mol. The second-order valence-corrected chi connectivity index (χ2v) is 9.54. The summed E-state index contributed by atoms with van der Waals surface area (Å²) in [4.78, 5) is 31.8. The van der Waals surface area contributed by atoms with Crippen LogP contribution in [0.25, 0.3) is 6.08 Å². The zero-order valence-electron chi connectivity index (χ0n) is 19.5. The van der Waals surface area contributed by atoms with E-state index in [1.165, 1.54) is 30.1 Å². The molecule has 0 aliphatic carbocycles. The number of methoxy groups -OCH3 is 2. The number of carbonyl (C=O) groups is 1. The lowest BCUT2D eigenvalue weighted by molar-refractivity contribution is -0.139. The summed E-state index contributed by atoms with van der Waals surface area (Å²) in [5.74, 6) is 0.488. The average Bonchev–Trinajstić information content (AvgIpc) is 3.14. The van der Waals surface area contributed by atoms with Crippen molar-refractivity contribution in [1.82, 2.24) is 4.57 Å². The molecule has 8 nitrogen and oxygen atoms in total. The van der Waals surface area contributed by atoms with Crippen LogP contribution in [-0.4, -0.2) is 36.5 Å². The highest BCUT2D eigenvalue weighted by molar-refractivity contribution is 9.10. The first kappa shape index (κ1) is 24.7. The maximum Gasteiger partial charge on any atom is 0.338 e. The van der Waals surface area contributed by atoms with Crippen molar-refractivity contribution in [3.63, 3.8) is 0 Å². The minimum absolute atomic E-state index is 0.0356. The van der Waals surface area contributed by atoms with Crippen LogP contribution in [0.5, 0.6) is 17.2 Å². The van der Waals surface area contributed by atoms with Gasteiger partial charge < -0.3 is 19.3 Å². The van der Waals surface area contributed by atoms with E-state index in [2.05, 4.69) is 20.9 Å². The summed E-state index contributed by atoms with van der Waals surface area (Å²) >= 11 is 4.56. The van der Waals surface area contributed by atoms with E-state index in [1.807, 2.05) is 0 Å². The van der Waals surface area contributed by atoms with Gasteiger partial charge in [-0.05, 0) is 56.3 Å². The van der Waals surface area contributed by atoms with Crippen molar-refractivity contribution in [3.8, 4) is 17.2 Å². The Morgan fingerprint density at radius 3 is 2.69 bits per heavy atom. The summed E-state index contributed by atoms with van der Waals surface area (Å²) in [7, 11) is 3.06. The number of phenols is 1. The number of allylic oxidation sites excluding steroid dienone is 1. The van der Waals surface area contributed by atoms with Gasteiger partial charge in [0.05, 0.1) is 36.6 Å². The lowest BCUT2D eigenvalue weighted by Crippen LogP contribution is -2.40. The second kappa shape index (κ2) is 10.1. The molecule has 2 aromatic carbocycles. The fraction of sp³-hybridized carbons (Fsp3) is 0.240. The molecule has 3 aromatic rings. The SMILES string of the molecule is CCOC(=O)C1=C(C)N=c2s/c(=C\c3cc(Br)ccc3O)c(=O)n2[C@H]1c1cc(OC)ccc1OC. The zero-order valence-corrected chi connectivity index (χ0v) is 21.9. The zero-order chi connectivity index (χ0) is 25.3. The van der Waals surface area contributed by atoms with Gasteiger partial charge in [0.25, 0.3) is 5.56 Å². The molecular formula is C25H23BrN2O6S. The summed E-state index contributed by atoms with van der Waals surface area (Å²) in [6, 6.07) is 9.31. The number of carbonyl (C=O) groups excluding carboxylic acids is 1. The third-order valence-electron chi connectivity index (χ3n) is 5.52. The Balaban J connectivity index is 2.04. The third-order valence-corrected chi connectivity index (χ3v) is 7.00. The molecule has 0 radical (unpaired) electrons. The molecule has 0 saturated heterocycles. The van der Waals surface area contributed by atoms with Crippen LogP contribution < -0.4 is 24.4 Å². The summed E-state index contributed by atoms with van der Waals surface area (Å²) < 4.78 is 18.9. The average molecular weight is 559 g/mol. The number of thiazole rings is 1. The molecule has 0 unspecified atom stereocenters. The van der Waals surface area contributed by atoms with Gasteiger partial charge in [-0.25, -0.2) is 9.79 Å². The molecule has 4 rings (SSSR count). The van der Waals surface area contributed by atoms with E-state index in [-0.39, 0.29) is 23.5 Å². The van der Waals surface area contributed by atoms with E-state index in [1.54, 1.807) is 56.3 Å². The van der Waals surface area contributed by atoms with E-state index in [4.69, 9.17) is 14.2 Å². The maximum atomic E-state index is 13.7. The van der Waals surface area contributed by atoms with Gasteiger partial charge in [0, 0.05) is 15.6 Å². The lowest BCUT2D eigenvalue weighted by atomic mass is 9.94. The number of fused-ring (bicyclic) bond motifs is 1. The Labute approximate surface area is 213 Å². The topological polar surface area (TPSA) is 99.4 Å². The molecule has 1 atom stereocenters. The number of esters is 1. The minimum Gasteiger partial charge on any atom is -0.507 e. The van der Waals surface area contributed by atoms with E-state index >= 15 is 0 Å². The van der Waals surface area contributed by atoms with Crippen molar-refractivity contribution in [2.75, 3.05) is 20.8 Å². The quantitative estimate of drug-likeness (QED) is 0.466. The molecule has 35 heavy (non-hydrogen) atoms. The molecule has 182 valence electrons. The van der Waals surface area contributed by atoms with Crippen LogP contribution in [-0.2, 0) is 9.53 Å². The number of benzene rings is 2. The first-order valence-corrected chi connectivity index (χ1v) is 12.3. The Morgan fingerprint density at radius 2 is 2.00 bits per heavy atom. The molecular weight excluding hydrogens is 536 g/mol. The predicted molar refractivity (Wildman–Crippen MR) is 136 cm³/mol. The minimum atomic E-state index is -0.853. The number of ether oxygens (including phenoxy) is 3. The first-order valence-electron chi connectivity index (χ1n) is 10.7. The summed E-state index contributed by atoms with van der Waals surface area (Å²) in [5, 5.41) is 10.3. The van der Waals surface area contributed by atoms with Crippen LogP contribution in [0.4, 0.5) is 0 Å². The first-order chi connectivity index (χ1) is 16.8. The molecule has 0 saturated carbocycles. The number of aromatic hydroxyl groups is 1. The molecule has 0 spiro atoms. The van der Waals surface area contributed by atoms with Crippen LogP contribution in [0, 0.1) is 0 Å². The van der Waals surface area contributed by atoms with E-state index in [0.29, 0.717) is 37.7 Å². The largest absolute Gasteiger partial charge is 0.507 e. The van der Waals surface area contributed by atoms with Crippen LogP contribution in [0.3, 0.4) is 0 Å². The maximum absolute atomic E-state index is 13.7. The van der Waals surface area contributed by atoms with Crippen molar-refractivity contribution < 1.29 is 24.1 Å². The normalized spacial score (nSPS) is 15.5. The Kier molecular flexibility index (Phi) is 7.13. The highest BCUT2D eigenvalue weighted by Crippen LogP contribution is 2.37. The van der Waals surface area contributed by atoms with Crippen molar-refractivity contribution in [2.24, 2.45) is 4.99 Å². The molecule has 2 heterocycles. The number of nitrogens with zero attached hydrogens (tertiary/aromatic N) is 2. The van der Waals surface area contributed by atoms with E-state index in [9.17, 15) is 14.7 Å². The Bertz CT molecular complexity index is 1520. The van der Waals surface area contributed by atoms with Crippen molar-refractivity contribution in [1.29, 1.82) is 0 Å². The van der Waals surface area contributed by atoms with Gasteiger partial charge in [0.15, 0.2) is 4.80 Å². The van der Waals surface area contributed by atoms with Crippen LogP contribution in [0.2, 0.25) is 0 Å². The van der Waals surface area contributed by atoms with E-state index < -0.39 is 12.0 Å². The molecule has 0 bridgehead atoms. The fourth-order valence-electron chi connectivity index (χ4n) is 3.92. The van der Waals surface area contributed by atoms with Gasteiger partial charge in [-0.1, -0.05) is 27.3 Å². The van der Waals surface area contributed by atoms with Crippen molar-refractivity contribution in [3.05, 3.63) is 83.0 Å². The molecule has 1 N–H and O–H groups in total. The molecule has 0 fully saturated rings. The molecule has 1 aliphatic rings. The molecule has 0 amide bonds. The van der Waals surface area contributed by atoms with Crippen molar-refractivity contribution >= 4 is 39.3 Å². The summed E-state index contributed by atoms with van der Waals surface area (Å²) in [6.45, 7) is 3.60. The molecule has 10 heteroatoms. The number of hydrogen-bond donors (Lipinski definition) is 1. The van der Waals surface area contributed by atoms with Crippen molar-refractivity contribution in [2.45, 2.75) is 19.9 Å². The van der Waals surface area contributed by atoms with Crippen LogP contribution in [0.15, 0.2) is 61.9 Å². The lowest BCUT2D eigenvalue weighted by Gasteiger charge is -2.26. The Hall–Kier alpha value is -3.37. The predicted octanol–water partition coefficient (Wildman–Crippen LogP) is 3.28. The van der Waals surface area contributed by atoms with Gasteiger partial charge in [0.1, 0.15) is 23.3 Å². The number of rotatable bonds is 6. The number of phenolic OH excluding ortho intramolecular Hbond substituents is 1. The summed E-state index contributed by atoms with van der Waals surface area (Å²) in [5.41, 5.74) is 1.35. The highest BCUT2D eigenvalue weighted by Gasteiger charge is 2.35. The molecule has 1 aromatic heterocycles. The number of halogens is 1. The fourth-order valence-corrected chi connectivity index (χ4v) is 5.34. The highest BCUT2D eigenvalue weighted by atomic mass is 79.9. The van der Waals surface area contributed by atoms with Crippen LogP contribution in [0.1, 0.15) is 31.0 Å². The summed E-state index contributed by atoms with van der Waals surface area (Å²) in [6.07, 6.45) is 1.60. The van der Waals surface area contributed by atoms with Gasteiger partial charge in [-0.2, -0.15) is 0 Å².